The summed E-state index contributed by atoms with van der Waals surface area (Å²) in [6.45, 7) is 1.40. The van der Waals surface area contributed by atoms with Gasteiger partial charge in [-0.25, -0.2) is 4.79 Å². The smallest absolute Gasteiger partial charge is 0.343 e. The third-order valence-corrected chi connectivity index (χ3v) is 2.72. The fourth-order valence-corrected chi connectivity index (χ4v) is 1.72. The van der Waals surface area contributed by atoms with Gasteiger partial charge in [-0.05, 0) is 43.3 Å². The quantitative estimate of drug-likeness (QED) is 0.372. The molecule has 5 nitrogen and oxygen atoms in total. The standard InChI is InChI=1S/C16H11NO4/c1-11(18)14-4-2-3-5-15(14)21-16(19)12-6-8-13(9-7-12)20-10-17/h2-9H,1H3. The summed E-state index contributed by atoms with van der Waals surface area (Å²) >= 11 is 0. The third-order valence-electron chi connectivity index (χ3n) is 2.72. The summed E-state index contributed by atoms with van der Waals surface area (Å²) in [5.74, 6) is -0.228. The predicted octanol–water partition coefficient (Wildman–Crippen LogP) is 2.97. The lowest BCUT2D eigenvalue weighted by Crippen LogP contribution is -2.10. The van der Waals surface area contributed by atoms with Crippen molar-refractivity contribution in [2.24, 2.45) is 0 Å². The molecule has 0 atom stereocenters. The van der Waals surface area contributed by atoms with Crippen molar-refractivity contribution in [2.75, 3.05) is 0 Å². The van der Waals surface area contributed by atoms with E-state index in [0.29, 0.717) is 16.9 Å². The molecule has 0 bridgehead atoms. The van der Waals surface area contributed by atoms with E-state index in [4.69, 9.17) is 10.00 Å². The molecule has 21 heavy (non-hydrogen) atoms. The number of Topliss-reactive ketones (excluding diaryl/α,β-unsaturated/α-hetero) is 1. The van der Waals surface area contributed by atoms with Crippen LogP contribution >= 0.6 is 0 Å². The molecule has 5 heteroatoms. The van der Waals surface area contributed by atoms with Gasteiger partial charge in [-0.3, -0.25) is 4.79 Å². The SMILES string of the molecule is CC(=O)c1ccccc1OC(=O)c1ccc(OC#N)cc1. The third kappa shape index (κ3) is 3.45. The lowest BCUT2D eigenvalue weighted by Gasteiger charge is -2.08. The highest BCUT2D eigenvalue weighted by Crippen LogP contribution is 2.20. The molecule has 0 fully saturated rings. The van der Waals surface area contributed by atoms with E-state index in [0.717, 1.165) is 0 Å². The van der Waals surface area contributed by atoms with Crippen molar-refractivity contribution < 1.29 is 19.1 Å². The minimum absolute atomic E-state index is 0.184. The number of hydrogen-bond acceptors (Lipinski definition) is 5. The topological polar surface area (TPSA) is 76.4 Å². The van der Waals surface area contributed by atoms with Crippen molar-refractivity contribution in [3.8, 4) is 17.8 Å². The Morgan fingerprint density at radius 2 is 1.71 bits per heavy atom. The molecule has 0 aromatic heterocycles. The van der Waals surface area contributed by atoms with Crippen LogP contribution in [0.15, 0.2) is 48.5 Å². The van der Waals surface area contributed by atoms with E-state index in [1.54, 1.807) is 24.3 Å². The molecule has 2 aromatic rings. The summed E-state index contributed by atoms with van der Waals surface area (Å²) in [6, 6.07) is 12.4. The molecule has 104 valence electrons. The normalized spacial score (nSPS) is 9.52. The van der Waals surface area contributed by atoms with Gasteiger partial charge < -0.3 is 9.47 Å². The van der Waals surface area contributed by atoms with Crippen LogP contribution in [-0.2, 0) is 0 Å². The van der Waals surface area contributed by atoms with Crippen molar-refractivity contribution in [3.05, 3.63) is 59.7 Å². The number of carbonyl (C=O) groups excluding carboxylic acids is 2. The van der Waals surface area contributed by atoms with Crippen LogP contribution in [0, 0.1) is 11.5 Å². The number of esters is 1. The Kier molecular flexibility index (Phi) is 4.32. The second-order valence-corrected chi connectivity index (χ2v) is 4.16. The van der Waals surface area contributed by atoms with E-state index in [1.165, 1.54) is 37.4 Å². The zero-order valence-corrected chi connectivity index (χ0v) is 11.2. The Hall–Kier alpha value is -3.13. The van der Waals surface area contributed by atoms with Crippen molar-refractivity contribution in [3.63, 3.8) is 0 Å². The van der Waals surface area contributed by atoms with Crippen LogP contribution in [0.5, 0.6) is 11.5 Å². The van der Waals surface area contributed by atoms with Crippen LogP contribution in [-0.4, -0.2) is 11.8 Å². The number of nitrogens with zero attached hydrogens (tertiary/aromatic N) is 1. The first kappa shape index (κ1) is 14.3. The van der Waals surface area contributed by atoms with Gasteiger partial charge in [-0.1, -0.05) is 12.1 Å². The molecule has 0 saturated heterocycles. The molecule has 0 aliphatic rings. The lowest BCUT2D eigenvalue weighted by molar-refractivity contribution is 0.0733. The van der Waals surface area contributed by atoms with E-state index in [9.17, 15) is 9.59 Å². The van der Waals surface area contributed by atoms with Crippen molar-refractivity contribution in [1.82, 2.24) is 0 Å². The Balaban J connectivity index is 2.19. The Labute approximate surface area is 121 Å². The highest BCUT2D eigenvalue weighted by atomic mass is 16.5. The van der Waals surface area contributed by atoms with Crippen LogP contribution in [0.3, 0.4) is 0 Å². The highest BCUT2D eigenvalue weighted by Gasteiger charge is 2.13. The second kappa shape index (κ2) is 6.35. The average molecular weight is 281 g/mol. The summed E-state index contributed by atoms with van der Waals surface area (Å²) in [4.78, 5) is 23.5. The molecule has 0 N–H and O–H groups in total. The Bertz CT molecular complexity index is 714. The maximum Gasteiger partial charge on any atom is 0.343 e. The summed E-state index contributed by atoms with van der Waals surface area (Å²) in [6.07, 6.45) is 1.54. The van der Waals surface area contributed by atoms with Crippen molar-refractivity contribution in [1.29, 1.82) is 5.26 Å². The average Bonchev–Trinajstić information content (AvgIpc) is 2.48. The largest absolute Gasteiger partial charge is 0.422 e. The Morgan fingerprint density at radius 1 is 1.05 bits per heavy atom. The van der Waals surface area contributed by atoms with E-state index >= 15 is 0 Å². The monoisotopic (exact) mass is 281 g/mol. The number of rotatable bonds is 4. The van der Waals surface area contributed by atoms with Gasteiger partial charge in [0.15, 0.2) is 5.78 Å². The van der Waals surface area contributed by atoms with Gasteiger partial charge in [0.2, 0.25) is 0 Å². The van der Waals surface area contributed by atoms with Gasteiger partial charge in [-0.15, -0.1) is 5.26 Å². The van der Waals surface area contributed by atoms with Crippen LogP contribution in [0.1, 0.15) is 27.6 Å². The van der Waals surface area contributed by atoms with Gasteiger partial charge in [0.1, 0.15) is 11.5 Å². The predicted molar refractivity (Wildman–Crippen MR) is 74.1 cm³/mol. The summed E-state index contributed by atoms with van der Waals surface area (Å²) in [7, 11) is 0. The molecule has 0 aliphatic carbocycles. The minimum atomic E-state index is -0.591. The summed E-state index contributed by atoms with van der Waals surface area (Å²) in [5.41, 5.74) is 0.633. The number of para-hydroxylation sites is 1. The molecule has 0 heterocycles. The second-order valence-electron chi connectivity index (χ2n) is 4.16. The lowest BCUT2D eigenvalue weighted by atomic mass is 10.1. The van der Waals surface area contributed by atoms with Gasteiger partial charge in [0, 0.05) is 0 Å². The summed E-state index contributed by atoms with van der Waals surface area (Å²) in [5, 5.41) is 8.38. The maximum atomic E-state index is 12.0. The zero-order valence-electron chi connectivity index (χ0n) is 11.2. The van der Waals surface area contributed by atoms with Gasteiger partial charge in [0.05, 0.1) is 11.1 Å². The number of ether oxygens (including phenoxy) is 2. The maximum absolute atomic E-state index is 12.0. The molecule has 2 aromatic carbocycles. The number of benzene rings is 2. The molecule has 0 spiro atoms. The van der Waals surface area contributed by atoms with Gasteiger partial charge >= 0.3 is 5.97 Å². The first-order valence-electron chi connectivity index (χ1n) is 6.10. The van der Waals surface area contributed by atoms with Gasteiger partial charge in [-0.2, -0.15) is 0 Å². The van der Waals surface area contributed by atoms with E-state index < -0.39 is 5.97 Å². The fraction of sp³-hybridized carbons (Fsp3) is 0.0625. The van der Waals surface area contributed by atoms with E-state index in [2.05, 4.69) is 4.74 Å². The first-order valence-corrected chi connectivity index (χ1v) is 6.10. The molecular weight excluding hydrogens is 270 g/mol. The molecular formula is C16H11NO4. The minimum Gasteiger partial charge on any atom is -0.422 e. The first-order chi connectivity index (χ1) is 10.1. The molecule has 2 rings (SSSR count). The van der Waals surface area contributed by atoms with Crippen LogP contribution in [0.25, 0.3) is 0 Å². The molecule has 0 saturated carbocycles. The zero-order chi connectivity index (χ0) is 15.2. The number of carbonyl (C=O) groups is 2. The highest BCUT2D eigenvalue weighted by molar-refractivity contribution is 5.99. The Morgan fingerprint density at radius 3 is 2.33 bits per heavy atom. The fourth-order valence-electron chi connectivity index (χ4n) is 1.72. The molecule has 0 radical (unpaired) electrons. The van der Waals surface area contributed by atoms with Gasteiger partial charge in [0.25, 0.3) is 6.26 Å². The van der Waals surface area contributed by atoms with Crippen LogP contribution in [0.4, 0.5) is 0 Å². The van der Waals surface area contributed by atoms with Crippen LogP contribution < -0.4 is 9.47 Å². The summed E-state index contributed by atoms with van der Waals surface area (Å²) < 4.78 is 9.85. The van der Waals surface area contributed by atoms with Crippen LogP contribution in [0.2, 0.25) is 0 Å². The van der Waals surface area contributed by atoms with Crippen molar-refractivity contribution in [2.45, 2.75) is 6.92 Å². The van der Waals surface area contributed by atoms with Crippen molar-refractivity contribution >= 4 is 11.8 Å². The molecule has 0 amide bonds. The molecule has 0 unspecified atom stereocenters. The number of hydrogen-bond donors (Lipinski definition) is 0. The molecule has 0 aliphatic heterocycles. The van der Waals surface area contributed by atoms with E-state index in [-0.39, 0.29) is 11.5 Å². The number of ketones is 1. The van der Waals surface area contributed by atoms with E-state index in [1.807, 2.05) is 0 Å². The number of nitriles is 1.